The van der Waals surface area contributed by atoms with Crippen molar-refractivity contribution in [3.05, 3.63) is 75.8 Å². The Morgan fingerprint density at radius 1 is 1.25 bits per heavy atom. The lowest BCUT2D eigenvalue weighted by molar-refractivity contribution is 0.0665. The Labute approximate surface area is 145 Å². The molecule has 0 unspecified atom stereocenters. The molecule has 0 radical (unpaired) electrons. The maximum atomic E-state index is 12.9. The Morgan fingerprint density at radius 2 is 2.04 bits per heavy atom. The number of aromatic nitrogens is 1. The summed E-state index contributed by atoms with van der Waals surface area (Å²) in [5.74, 6) is 0.545. The van der Waals surface area contributed by atoms with E-state index in [-0.39, 0.29) is 11.9 Å². The zero-order valence-corrected chi connectivity index (χ0v) is 14.6. The van der Waals surface area contributed by atoms with E-state index in [0.29, 0.717) is 18.0 Å². The standard InChI is InChI=1S/C19H20N2O2S/c1-14(11-17-9-6-10-24-17)21(13-16-7-4-3-5-8-16)19(22)18-12-15(2)23-20-18/h3-10,12,14H,11,13H2,1-2H3/t14-/m0/s1. The van der Waals surface area contributed by atoms with Crippen molar-refractivity contribution in [1.82, 2.24) is 10.1 Å². The number of amides is 1. The van der Waals surface area contributed by atoms with Crippen LogP contribution >= 0.6 is 11.3 Å². The lowest BCUT2D eigenvalue weighted by atomic mass is 10.1. The van der Waals surface area contributed by atoms with Crippen molar-refractivity contribution in [3.8, 4) is 0 Å². The molecular weight excluding hydrogens is 320 g/mol. The van der Waals surface area contributed by atoms with E-state index in [9.17, 15) is 4.79 Å². The zero-order valence-electron chi connectivity index (χ0n) is 13.8. The van der Waals surface area contributed by atoms with E-state index in [2.05, 4.69) is 23.5 Å². The summed E-state index contributed by atoms with van der Waals surface area (Å²) in [6.07, 6.45) is 0.826. The number of aryl methyl sites for hydroxylation is 1. The highest BCUT2D eigenvalue weighted by atomic mass is 32.1. The van der Waals surface area contributed by atoms with Gasteiger partial charge in [-0.05, 0) is 30.9 Å². The number of benzene rings is 1. The highest BCUT2D eigenvalue weighted by Gasteiger charge is 2.24. The van der Waals surface area contributed by atoms with Crippen LogP contribution in [-0.2, 0) is 13.0 Å². The molecule has 3 rings (SSSR count). The van der Waals surface area contributed by atoms with Gasteiger partial charge in [-0.1, -0.05) is 41.6 Å². The van der Waals surface area contributed by atoms with Gasteiger partial charge >= 0.3 is 0 Å². The molecule has 0 aliphatic carbocycles. The summed E-state index contributed by atoms with van der Waals surface area (Å²) in [4.78, 5) is 16.1. The molecule has 0 N–H and O–H groups in total. The maximum absolute atomic E-state index is 12.9. The Kier molecular flexibility index (Phi) is 5.11. The number of thiophene rings is 1. The van der Waals surface area contributed by atoms with E-state index in [1.165, 1.54) is 4.88 Å². The van der Waals surface area contributed by atoms with Gasteiger partial charge in [0.2, 0.25) is 0 Å². The van der Waals surface area contributed by atoms with Crippen LogP contribution in [0.1, 0.15) is 33.6 Å². The first-order chi connectivity index (χ1) is 11.6. The second kappa shape index (κ2) is 7.45. The van der Waals surface area contributed by atoms with E-state index in [4.69, 9.17) is 4.52 Å². The molecule has 0 aliphatic heterocycles. The quantitative estimate of drug-likeness (QED) is 0.671. The Balaban J connectivity index is 1.83. The SMILES string of the molecule is Cc1cc(C(=O)N(Cc2ccccc2)[C@@H](C)Cc2cccs2)no1. The Hall–Kier alpha value is -2.40. The van der Waals surface area contributed by atoms with E-state index in [1.54, 1.807) is 24.3 Å². The molecule has 3 aromatic rings. The van der Waals surface area contributed by atoms with Crippen LogP contribution in [0.25, 0.3) is 0 Å². The summed E-state index contributed by atoms with van der Waals surface area (Å²) >= 11 is 1.71. The molecule has 0 spiro atoms. The number of carbonyl (C=O) groups excluding carboxylic acids is 1. The molecule has 0 fully saturated rings. The molecule has 2 heterocycles. The van der Waals surface area contributed by atoms with Gasteiger partial charge in [0.25, 0.3) is 5.91 Å². The summed E-state index contributed by atoms with van der Waals surface area (Å²) in [6.45, 7) is 4.42. The van der Waals surface area contributed by atoms with Gasteiger partial charge < -0.3 is 9.42 Å². The molecule has 2 aromatic heterocycles. The predicted molar refractivity (Wildman–Crippen MR) is 95.0 cm³/mol. The molecule has 5 heteroatoms. The van der Waals surface area contributed by atoms with Crippen LogP contribution in [0, 0.1) is 6.92 Å². The molecule has 4 nitrogen and oxygen atoms in total. The van der Waals surface area contributed by atoms with Gasteiger partial charge in [-0.15, -0.1) is 11.3 Å². The molecule has 0 saturated carbocycles. The van der Waals surface area contributed by atoms with Gasteiger partial charge in [-0.2, -0.15) is 0 Å². The second-order valence-corrected chi connectivity index (χ2v) is 6.91. The number of nitrogens with zero attached hydrogens (tertiary/aromatic N) is 2. The topological polar surface area (TPSA) is 46.3 Å². The molecule has 0 bridgehead atoms. The average Bonchev–Trinajstić information content (AvgIpc) is 3.24. The lowest BCUT2D eigenvalue weighted by Crippen LogP contribution is -2.39. The number of hydrogen-bond donors (Lipinski definition) is 0. The van der Waals surface area contributed by atoms with E-state index < -0.39 is 0 Å². The van der Waals surface area contributed by atoms with Crippen LogP contribution in [0.5, 0.6) is 0 Å². The molecule has 0 aliphatic rings. The van der Waals surface area contributed by atoms with Crippen molar-refractivity contribution >= 4 is 17.2 Å². The third-order valence-electron chi connectivity index (χ3n) is 3.91. The van der Waals surface area contributed by atoms with Crippen molar-refractivity contribution in [1.29, 1.82) is 0 Å². The smallest absolute Gasteiger partial charge is 0.276 e. The molecule has 24 heavy (non-hydrogen) atoms. The fraction of sp³-hybridized carbons (Fsp3) is 0.263. The molecule has 1 aromatic carbocycles. The molecule has 124 valence electrons. The van der Waals surface area contributed by atoms with Crippen LogP contribution in [0.15, 0.2) is 58.4 Å². The van der Waals surface area contributed by atoms with Crippen LogP contribution in [0.2, 0.25) is 0 Å². The summed E-state index contributed by atoms with van der Waals surface area (Å²) in [7, 11) is 0. The average molecular weight is 340 g/mol. The van der Waals surface area contributed by atoms with Crippen LogP contribution in [0.4, 0.5) is 0 Å². The summed E-state index contributed by atoms with van der Waals surface area (Å²) in [5, 5.41) is 5.96. The highest BCUT2D eigenvalue weighted by Crippen LogP contribution is 2.19. The number of hydrogen-bond acceptors (Lipinski definition) is 4. The van der Waals surface area contributed by atoms with Gasteiger partial charge in [0.15, 0.2) is 5.69 Å². The Morgan fingerprint density at radius 3 is 2.67 bits per heavy atom. The molecule has 1 amide bonds. The monoisotopic (exact) mass is 340 g/mol. The first-order valence-electron chi connectivity index (χ1n) is 7.94. The molecule has 1 atom stereocenters. The van der Waals surface area contributed by atoms with Gasteiger partial charge in [-0.25, -0.2) is 0 Å². The lowest BCUT2D eigenvalue weighted by Gasteiger charge is -2.28. The normalized spacial score (nSPS) is 12.1. The molecular formula is C19H20N2O2S. The predicted octanol–water partition coefficient (Wildman–Crippen LogP) is 4.32. The van der Waals surface area contributed by atoms with Gasteiger partial charge in [-0.3, -0.25) is 4.79 Å². The number of carbonyl (C=O) groups is 1. The third kappa shape index (κ3) is 3.92. The molecule has 0 saturated heterocycles. The summed E-state index contributed by atoms with van der Waals surface area (Å²) in [5.41, 5.74) is 1.46. The first kappa shape index (κ1) is 16.5. The highest BCUT2D eigenvalue weighted by molar-refractivity contribution is 7.09. The maximum Gasteiger partial charge on any atom is 0.276 e. The van der Waals surface area contributed by atoms with Crippen LogP contribution in [0.3, 0.4) is 0 Å². The van der Waals surface area contributed by atoms with Gasteiger partial charge in [0.1, 0.15) is 5.76 Å². The van der Waals surface area contributed by atoms with E-state index >= 15 is 0 Å². The van der Waals surface area contributed by atoms with Crippen molar-refractivity contribution in [2.75, 3.05) is 0 Å². The van der Waals surface area contributed by atoms with E-state index in [1.807, 2.05) is 41.3 Å². The van der Waals surface area contributed by atoms with Gasteiger partial charge in [0, 0.05) is 30.0 Å². The third-order valence-corrected chi connectivity index (χ3v) is 4.81. The zero-order chi connectivity index (χ0) is 16.9. The first-order valence-corrected chi connectivity index (χ1v) is 8.82. The largest absolute Gasteiger partial charge is 0.361 e. The Bertz CT molecular complexity index is 781. The number of rotatable bonds is 6. The second-order valence-electron chi connectivity index (χ2n) is 5.87. The minimum Gasteiger partial charge on any atom is -0.361 e. The summed E-state index contributed by atoms with van der Waals surface area (Å²) in [6, 6.07) is 15.9. The van der Waals surface area contributed by atoms with Crippen molar-refractivity contribution in [2.45, 2.75) is 32.9 Å². The van der Waals surface area contributed by atoms with Crippen molar-refractivity contribution < 1.29 is 9.32 Å². The van der Waals surface area contributed by atoms with Gasteiger partial charge in [0.05, 0.1) is 0 Å². The fourth-order valence-electron chi connectivity index (χ4n) is 2.65. The summed E-state index contributed by atoms with van der Waals surface area (Å²) < 4.78 is 5.08. The minimum absolute atomic E-state index is 0.0633. The van der Waals surface area contributed by atoms with E-state index in [0.717, 1.165) is 12.0 Å². The minimum atomic E-state index is -0.0974. The van der Waals surface area contributed by atoms with Crippen LogP contribution in [-0.4, -0.2) is 22.0 Å². The van der Waals surface area contributed by atoms with Crippen LogP contribution < -0.4 is 0 Å². The van der Waals surface area contributed by atoms with Crippen molar-refractivity contribution in [3.63, 3.8) is 0 Å². The fourth-order valence-corrected chi connectivity index (χ4v) is 3.48. The van der Waals surface area contributed by atoms with Crippen molar-refractivity contribution in [2.24, 2.45) is 0 Å².